The Labute approximate surface area is 96.9 Å². The summed E-state index contributed by atoms with van der Waals surface area (Å²) < 4.78 is 1.53. The lowest BCUT2D eigenvalue weighted by molar-refractivity contribution is 0.982. The molecule has 0 fully saturated rings. The molecule has 84 valence electrons. The second kappa shape index (κ2) is 3.44. The van der Waals surface area contributed by atoms with Crippen molar-refractivity contribution in [3.05, 3.63) is 36.7 Å². The molecule has 3 heterocycles. The van der Waals surface area contributed by atoms with Crippen LogP contribution in [0.1, 0.15) is 0 Å². The third-order valence-corrected chi connectivity index (χ3v) is 2.52. The zero-order valence-electron chi connectivity index (χ0n) is 8.91. The fourth-order valence-electron chi connectivity index (χ4n) is 1.75. The predicted molar refractivity (Wildman–Crippen MR) is 65.0 cm³/mol. The quantitative estimate of drug-likeness (QED) is 0.644. The number of pyridine rings is 2. The Kier molecular flexibility index (Phi) is 1.94. The molecule has 0 saturated carbocycles. The van der Waals surface area contributed by atoms with Crippen LogP contribution < -0.4 is 11.5 Å². The molecule has 0 aliphatic heterocycles. The lowest BCUT2D eigenvalue weighted by Gasteiger charge is -2.06. The molecule has 4 N–H and O–H groups in total. The van der Waals surface area contributed by atoms with Crippen molar-refractivity contribution in [2.75, 3.05) is 11.5 Å². The Bertz CT molecular complexity index is 673. The van der Waals surface area contributed by atoms with Gasteiger partial charge in [-0.1, -0.05) is 6.07 Å². The van der Waals surface area contributed by atoms with Crippen LogP contribution in [0.2, 0.25) is 0 Å². The Hall–Kier alpha value is -2.63. The van der Waals surface area contributed by atoms with E-state index in [1.165, 1.54) is 4.52 Å². The molecule has 0 aliphatic carbocycles. The third kappa shape index (κ3) is 1.46. The van der Waals surface area contributed by atoms with E-state index in [1.807, 2.05) is 24.3 Å². The molecule has 0 spiro atoms. The first-order chi connectivity index (χ1) is 8.25. The number of nitrogens with zero attached hydrogens (tertiary/aromatic N) is 4. The van der Waals surface area contributed by atoms with Gasteiger partial charge in [0.2, 0.25) is 5.95 Å². The van der Waals surface area contributed by atoms with Crippen molar-refractivity contribution in [3.8, 4) is 11.1 Å². The van der Waals surface area contributed by atoms with Crippen molar-refractivity contribution >= 4 is 17.4 Å². The van der Waals surface area contributed by atoms with E-state index in [0.29, 0.717) is 11.5 Å². The van der Waals surface area contributed by atoms with Gasteiger partial charge < -0.3 is 11.5 Å². The number of nitrogens with two attached hydrogens (primary N) is 2. The van der Waals surface area contributed by atoms with Gasteiger partial charge in [-0.3, -0.25) is 4.98 Å². The van der Waals surface area contributed by atoms with Crippen LogP contribution in [0.3, 0.4) is 0 Å². The molecule has 3 rings (SSSR count). The monoisotopic (exact) mass is 226 g/mol. The van der Waals surface area contributed by atoms with Gasteiger partial charge in [0.05, 0.1) is 0 Å². The highest BCUT2D eigenvalue weighted by atomic mass is 15.3. The van der Waals surface area contributed by atoms with Gasteiger partial charge in [-0.15, -0.1) is 5.10 Å². The van der Waals surface area contributed by atoms with Crippen molar-refractivity contribution in [2.24, 2.45) is 0 Å². The molecule has 0 aromatic carbocycles. The summed E-state index contributed by atoms with van der Waals surface area (Å²) in [5.74, 6) is 0.708. The van der Waals surface area contributed by atoms with Crippen LogP contribution in [-0.4, -0.2) is 19.6 Å². The zero-order valence-corrected chi connectivity index (χ0v) is 8.91. The van der Waals surface area contributed by atoms with Crippen LogP contribution >= 0.6 is 0 Å². The van der Waals surface area contributed by atoms with Crippen molar-refractivity contribution in [1.29, 1.82) is 0 Å². The Morgan fingerprint density at radius 1 is 1.12 bits per heavy atom. The molecule has 3 aromatic rings. The van der Waals surface area contributed by atoms with Gasteiger partial charge >= 0.3 is 0 Å². The highest BCUT2D eigenvalue weighted by Gasteiger charge is 2.09. The number of anilines is 2. The average molecular weight is 226 g/mol. The summed E-state index contributed by atoms with van der Waals surface area (Å²) in [6, 6.07) is 7.50. The van der Waals surface area contributed by atoms with Crippen molar-refractivity contribution < 1.29 is 0 Å². The lowest BCUT2D eigenvalue weighted by Crippen LogP contribution is -2.01. The molecule has 0 bridgehead atoms. The summed E-state index contributed by atoms with van der Waals surface area (Å²) >= 11 is 0. The number of hydrogen-bond donors (Lipinski definition) is 2. The second-order valence-electron chi connectivity index (χ2n) is 3.61. The van der Waals surface area contributed by atoms with Crippen LogP contribution in [0.4, 0.5) is 11.8 Å². The number of nitrogen functional groups attached to an aromatic ring is 2. The van der Waals surface area contributed by atoms with Gasteiger partial charge in [0.15, 0.2) is 5.65 Å². The Balaban J connectivity index is 2.28. The van der Waals surface area contributed by atoms with Gasteiger partial charge in [0.25, 0.3) is 0 Å². The normalized spacial score (nSPS) is 10.8. The summed E-state index contributed by atoms with van der Waals surface area (Å²) in [4.78, 5) is 8.10. The minimum absolute atomic E-state index is 0.208. The smallest absolute Gasteiger partial charge is 0.240 e. The van der Waals surface area contributed by atoms with Crippen LogP contribution in [-0.2, 0) is 0 Å². The standard InChI is InChI=1S/C11H10N6/c12-10-8(7-2-1-5-14-6-7)3-4-9-15-11(13)16-17(9)10/h1-6H,12H2,(H2,13,16). The first kappa shape index (κ1) is 9.59. The SMILES string of the molecule is Nc1nc2ccc(-c3cccnc3)c(N)n2n1. The molecular weight excluding hydrogens is 216 g/mol. The largest absolute Gasteiger partial charge is 0.383 e. The van der Waals surface area contributed by atoms with E-state index in [2.05, 4.69) is 15.1 Å². The molecule has 3 aromatic heterocycles. The number of aromatic nitrogens is 4. The molecule has 6 nitrogen and oxygen atoms in total. The van der Waals surface area contributed by atoms with Crippen LogP contribution in [0.15, 0.2) is 36.7 Å². The molecular formula is C11H10N6. The second-order valence-corrected chi connectivity index (χ2v) is 3.61. The molecule has 0 aliphatic rings. The molecule has 0 saturated heterocycles. The zero-order chi connectivity index (χ0) is 11.8. The first-order valence-electron chi connectivity index (χ1n) is 5.07. The van der Waals surface area contributed by atoms with E-state index in [4.69, 9.17) is 11.5 Å². The summed E-state index contributed by atoms with van der Waals surface area (Å²) in [6.07, 6.45) is 3.46. The fraction of sp³-hybridized carbons (Fsp3) is 0. The first-order valence-corrected chi connectivity index (χ1v) is 5.07. The minimum Gasteiger partial charge on any atom is -0.383 e. The molecule has 0 atom stereocenters. The van der Waals surface area contributed by atoms with E-state index in [-0.39, 0.29) is 5.95 Å². The van der Waals surface area contributed by atoms with E-state index < -0.39 is 0 Å². The van der Waals surface area contributed by atoms with E-state index in [9.17, 15) is 0 Å². The molecule has 6 heteroatoms. The summed E-state index contributed by atoms with van der Waals surface area (Å²) in [5.41, 5.74) is 14.0. The van der Waals surface area contributed by atoms with Gasteiger partial charge in [-0.05, 0) is 18.2 Å². The number of hydrogen-bond acceptors (Lipinski definition) is 5. The van der Waals surface area contributed by atoms with Gasteiger partial charge in [0, 0.05) is 23.5 Å². The molecule has 0 radical (unpaired) electrons. The highest BCUT2D eigenvalue weighted by Crippen LogP contribution is 2.25. The highest BCUT2D eigenvalue weighted by molar-refractivity contribution is 5.75. The summed E-state index contributed by atoms with van der Waals surface area (Å²) in [6.45, 7) is 0. The maximum absolute atomic E-state index is 6.04. The van der Waals surface area contributed by atoms with E-state index in [0.717, 1.165) is 11.1 Å². The number of rotatable bonds is 1. The van der Waals surface area contributed by atoms with Crippen LogP contribution in [0.25, 0.3) is 16.8 Å². The summed E-state index contributed by atoms with van der Waals surface area (Å²) in [5, 5.41) is 4.04. The molecule has 0 amide bonds. The van der Waals surface area contributed by atoms with E-state index in [1.54, 1.807) is 12.4 Å². The minimum atomic E-state index is 0.208. The van der Waals surface area contributed by atoms with Crippen molar-refractivity contribution in [3.63, 3.8) is 0 Å². The fourth-order valence-corrected chi connectivity index (χ4v) is 1.75. The van der Waals surface area contributed by atoms with Crippen molar-refractivity contribution in [2.45, 2.75) is 0 Å². The Morgan fingerprint density at radius 3 is 2.76 bits per heavy atom. The lowest BCUT2D eigenvalue weighted by atomic mass is 10.1. The van der Waals surface area contributed by atoms with E-state index >= 15 is 0 Å². The topological polar surface area (TPSA) is 95.1 Å². The Morgan fingerprint density at radius 2 is 2.00 bits per heavy atom. The maximum Gasteiger partial charge on any atom is 0.240 e. The number of fused-ring (bicyclic) bond motifs is 1. The van der Waals surface area contributed by atoms with Crippen LogP contribution in [0.5, 0.6) is 0 Å². The molecule has 17 heavy (non-hydrogen) atoms. The average Bonchev–Trinajstić information content (AvgIpc) is 2.72. The van der Waals surface area contributed by atoms with Gasteiger partial charge in [-0.2, -0.15) is 9.50 Å². The molecule has 0 unspecified atom stereocenters. The maximum atomic E-state index is 6.04. The van der Waals surface area contributed by atoms with Crippen molar-refractivity contribution in [1.82, 2.24) is 19.6 Å². The van der Waals surface area contributed by atoms with Gasteiger partial charge in [-0.25, -0.2) is 0 Å². The van der Waals surface area contributed by atoms with Crippen LogP contribution in [0, 0.1) is 0 Å². The third-order valence-electron chi connectivity index (χ3n) is 2.52. The predicted octanol–water partition coefficient (Wildman–Crippen LogP) is 0.956. The van der Waals surface area contributed by atoms with Gasteiger partial charge in [0.1, 0.15) is 5.82 Å². The summed E-state index contributed by atoms with van der Waals surface area (Å²) in [7, 11) is 0.